The second-order valence-electron chi connectivity index (χ2n) is 10.3. The molecule has 2 aliphatic rings. The zero-order valence-corrected chi connectivity index (χ0v) is 20.6. The normalized spacial score (nSPS) is 24.8. The van der Waals surface area contributed by atoms with E-state index in [2.05, 4.69) is 10.5 Å². The number of carbonyl (C=O) groups excluding carboxylic acids is 2. The summed E-state index contributed by atoms with van der Waals surface area (Å²) in [4.78, 5) is 54.9. The van der Waals surface area contributed by atoms with Crippen molar-refractivity contribution in [3.63, 3.8) is 0 Å². The van der Waals surface area contributed by atoms with Crippen LogP contribution in [-0.2, 0) is 9.63 Å². The van der Waals surface area contributed by atoms with Crippen molar-refractivity contribution in [1.82, 2.24) is 0 Å². The lowest BCUT2D eigenvalue weighted by atomic mass is 9.64. The van der Waals surface area contributed by atoms with Crippen LogP contribution in [0.1, 0.15) is 50.4 Å². The molecule has 37 heavy (non-hydrogen) atoms. The molecule has 0 radical (unpaired) electrons. The van der Waals surface area contributed by atoms with Gasteiger partial charge in [-0.2, -0.15) is 0 Å². The number of nitrogens with zero attached hydrogens (tertiary/aromatic N) is 2. The van der Waals surface area contributed by atoms with Gasteiger partial charge in [0, 0.05) is 23.3 Å². The summed E-state index contributed by atoms with van der Waals surface area (Å²) in [5.41, 5.74) is -2.38. The van der Waals surface area contributed by atoms with Crippen LogP contribution in [0.3, 0.4) is 0 Å². The lowest BCUT2D eigenvalue weighted by Crippen LogP contribution is -2.43. The van der Waals surface area contributed by atoms with Crippen LogP contribution in [0.4, 0.5) is 11.4 Å². The standard InChI is InChI=1S/C27H25N3O7/c1-25(2)26(3)12-13-27(25,24(33)28-18-9-5-6-10-19(18)30(34)35)15-21(26)29-37-23(32)17-14-16-8-4-7-11-20(16)36-22(17)31/h4-11,14H,12-13,15H2,1-3H3,(H,28,33). The maximum Gasteiger partial charge on any atom is 0.373 e. The van der Waals surface area contributed by atoms with Crippen molar-refractivity contribution in [2.24, 2.45) is 21.4 Å². The smallest absolute Gasteiger partial charge is 0.373 e. The molecule has 0 spiro atoms. The monoisotopic (exact) mass is 503 g/mol. The molecule has 0 aliphatic heterocycles. The van der Waals surface area contributed by atoms with Gasteiger partial charge < -0.3 is 14.6 Å². The zero-order chi connectivity index (χ0) is 26.6. The highest BCUT2D eigenvalue weighted by molar-refractivity contribution is 6.07. The minimum atomic E-state index is -0.949. The van der Waals surface area contributed by atoms with E-state index in [0.29, 0.717) is 29.5 Å². The first kappa shape index (κ1) is 24.4. The molecule has 2 atom stereocenters. The van der Waals surface area contributed by atoms with Crippen LogP contribution in [0.15, 0.2) is 69.0 Å². The molecule has 190 valence electrons. The Balaban J connectivity index is 1.43. The molecule has 2 bridgehead atoms. The van der Waals surface area contributed by atoms with Crippen molar-refractivity contribution < 1.29 is 23.8 Å². The van der Waals surface area contributed by atoms with E-state index < -0.39 is 32.8 Å². The number of hydrogen-bond acceptors (Lipinski definition) is 8. The highest BCUT2D eigenvalue weighted by atomic mass is 16.7. The number of rotatable bonds is 5. The van der Waals surface area contributed by atoms with E-state index >= 15 is 0 Å². The van der Waals surface area contributed by atoms with Crippen LogP contribution < -0.4 is 10.9 Å². The molecule has 1 heterocycles. The molecule has 1 N–H and O–H groups in total. The highest BCUT2D eigenvalue weighted by Crippen LogP contribution is 2.71. The third-order valence-corrected chi connectivity index (χ3v) is 8.62. The van der Waals surface area contributed by atoms with E-state index in [-0.39, 0.29) is 29.3 Å². The van der Waals surface area contributed by atoms with Gasteiger partial charge in [0.2, 0.25) is 5.91 Å². The van der Waals surface area contributed by atoms with Gasteiger partial charge in [-0.1, -0.05) is 56.3 Å². The summed E-state index contributed by atoms with van der Waals surface area (Å²) in [6, 6.07) is 14.2. The Labute approximate surface area is 211 Å². The number of fused-ring (bicyclic) bond motifs is 3. The largest absolute Gasteiger partial charge is 0.422 e. The molecule has 10 heteroatoms. The number of nitrogens with one attached hydrogen (secondary N) is 1. The molecular formula is C27H25N3O7. The number of anilines is 1. The summed E-state index contributed by atoms with van der Waals surface area (Å²) in [5, 5.41) is 18.9. The fraction of sp³-hybridized carbons (Fsp3) is 0.333. The van der Waals surface area contributed by atoms with E-state index in [4.69, 9.17) is 9.25 Å². The molecule has 1 amide bonds. The number of hydrogen-bond donors (Lipinski definition) is 1. The average Bonchev–Trinajstić information content (AvgIpc) is 3.18. The minimum absolute atomic E-state index is 0.121. The van der Waals surface area contributed by atoms with Crippen LogP contribution in [-0.4, -0.2) is 22.5 Å². The molecule has 3 aromatic rings. The molecule has 0 saturated heterocycles. The SMILES string of the molecule is CC12CCC(C(=O)Nc3ccccc3[N+](=O)[O-])(CC1=NOC(=O)c1cc3ccccc3oc1=O)C2(C)C. The molecule has 2 unspecified atom stereocenters. The first-order chi connectivity index (χ1) is 17.5. The van der Waals surface area contributed by atoms with Crippen molar-refractivity contribution in [3.05, 3.63) is 80.7 Å². The van der Waals surface area contributed by atoms with Gasteiger partial charge in [0.05, 0.1) is 16.0 Å². The van der Waals surface area contributed by atoms with Gasteiger partial charge in [-0.05, 0) is 36.5 Å². The molecule has 2 aliphatic carbocycles. The van der Waals surface area contributed by atoms with Crippen molar-refractivity contribution in [2.45, 2.75) is 40.0 Å². The van der Waals surface area contributed by atoms with Crippen molar-refractivity contribution >= 4 is 39.9 Å². The second kappa shape index (κ2) is 8.36. The Morgan fingerprint density at radius 3 is 2.54 bits per heavy atom. The summed E-state index contributed by atoms with van der Waals surface area (Å²) in [5.74, 6) is -1.29. The summed E-state index contributed by atoms with van der Waals surface area (Å²) >= 11 is 0. The maximum absolute atomic E-state index is 13.7. The van der Waals surface area contributed by atoms with E-state index in [9.17, 15) is 24.5 Å². The molecule has 10 nitrogen and oxygen atoms in total. The molecule has 2 aromatic carbocycles. The lowest BCUT2D eigenvalue weighted by Gasteiger charge is -2.39. The lowest BCUT2D eigenvalue weighted by molar-refractivity contribution is -0.383. The second-order valence-corrected chi connectivity index (χ2v) is 10.3. The summed E-state index contributed by atoms with van der Waals surface area (Å²) in [6.45, 7) is 5.89. The van der Waals surface area contributed by atoms with E-state index in [1.807, 2.05) is 20.8 Å². The van der Waals surface area contributed by atoms with Gasteiger partial charge in [0.1, 0.15) is 16.8 Å². The van der Waals surface area contributed by atoms with Gasteiger partial charge in [-0.25, -0.2) is 9.59 Å². The number of nitro benzene ring substituents is 1. The van der Waals surface area contributed by atoms with E-state index in [0.717, 1.165) is 0 Å². The topological polar surface area (TPSA) is 141 Å². The number of nitro groups is 1. The van der Waals surface area contributed by atoms with Gasteiger partial charge >= 0.3 is 11.6 Å². The number of amides is 1. The number of benzene rings is 2. The predicted octanol–water partition coefficient (Wildman–Crippen LogP) is 5.07. The summed E-state index contributed by atoms with van der Waals surface area (Å²) in [7, 11) is 0. The van der Waals surface area contributed by atoms with Crippen LogP contribution in [0.5, 0.6) is 0 Å². The quantitative estimate of drug-likeness (QED) is 0.222. The average molecular weight is 504 g/mol. The molecule has 5 rings (SSSR count). The Morgan fingerprint density at radius 1 is 1.08 bits per heavy atom. The van der Waals surface area contributed by atoms with Gasteiger partial charge in [-0.3, -0.25) is 14.9 Å². The molecule has 2 saturated carbocycles. The summed E-state index contributed by atoms with van der Waals surface area (Å²) in [6.07, 6.45) is 1.37. The fourth-order valence-corrected chi connectivity index (χ4v) is 5.85. The fourth-order valence-electron chi connectivity index (χ4n) is 5.85. The van der Waals surface area contributed by atoms with Crippen molar-refractivity contribution in [3.8, 4) is 0 Å². The Morgan fingerprint density at radius 2 is 1.78 bits per heavy atom. The summed E-state index contributed by atoms with van der Waals surface area (Å²) < 4.78 is 5.21. The third kappa shape index (κ3) is 3.54. The number of oxime groups is 1. The van der Waals surface area contributed by atoms with E-state index in [1.54, 1.807) is 30.3 Å². The van der Waals surface area contributed by atoms with Crippen molar-refractivity contribution in [2.75, 3.05) is 5.32 Å². The molecular weight excluding hydrogens is 478 g/mol. The van der Waals surface area contributed by atoms with Crippen LogP contribution in [0, 0.1) is 26.4 Å². The Kier molecular flexibility index (Phi) is 5.50. The number of carbonyl (C=O) groups is 2. The van der Waals surface area contributed by atoms with Crippen LogP contribution >= 0.6 is 0 Å². The van der Waals surface area contributed by atoms with Gasteiger partial charge in [-0.15, -0.1) is 0 Å². The number of para-hydroxylation sites is 3. The minimum Gasteiger partial charge on any atom is -0.422 e. The molecule has 2 fully saturated rings. The zero-order valence-electron chi connectivity index (χ0n) is 20.6. The van der Waals surface area contributed by atoms with Crippen LogP contribution in [0.2, 0.25) is 0 Å². The third-order valence-electron chi connectivity index (χ3n) is 8.62. The maximum atomic E-state index is 13.7. The molecule has 1 aromatic heterocycles. The Bertz CT molecular complexity index is 1560. The first-order valence-electron chi connectivity index (χ1n) is 11.9. The van der Waals surface area contributed by atoms with E-state index in [1.165, 1.54) is 24.3 Å². The van der Waals surface area contributed by atoms with Gasteiger partial charge in [0.25, 0.3) is 5.69 Å². The predicted molar refractivity (Wildman–Crippen MR) is 135 cm³/mol. The highest BCUT2D eigenvalue weighted by Gasteiger charge is 2.71. The van der Waals surface area contributed by atoms with Gasteiger partial charge in [0.15, 0.2) is 0 Å². The Hall–Kier alpha value is -4.34. The van der Waals surface area contributed by atoms with Crippen molar-refractivity contribution in [1.29, 1.82) is 0 Å². The van der Waals surface area contributed by atoms with Crippen LogP contribution in [0.25, 0.3) is 11.0 Å². The first-order valence-corrected chi connectivity index (χ1v) is 11.9.